The third-order valence-electron chi connectivity index (χ3n) is 4.73. The number of nitrogens with zero attached hydrogens (tertiary/aromatic N) is 1. The van der Waals surface area contributed by atoms with Gasteiger partial charge in [0.1, 0.15) is 17.6 Å². The molecule has 0 spiro atoms. The molecule has 2 heterocycles. The van der Waals surface area contributed by atoms with Crippen molar-refractivity contribution in [3.63, 3.8) is 0 Å². The van der Waals surface area contributed by atoms with Gasteiger partial charge in [-0.3, -0.25) is 4.90 Å². The molecule has 2 aliphatic rings. The molecule has 21 heavy (non-hydrogen) atoms. The van der Waals surface area contributed by atoms with Crippen LogP contribution in [0.2, 0.25) is 0 Å². The molecule has 1 atom stereocenters. The molecule has 116 valence electrons. The Morgan fingerprint density at radius 2 is 2.10 bits per heavy atom. The summed E-state index contributed by atoms with van der Waals surface area (Å²) in [5.74, 6) is 2.73. The minimum absolute atomic E-state index is 0.278. The molecule has 0 amide bonds. The zero-order valence-corrected chi connectivity index (χ0v) is 13.1. The van der Waals surface area contributed by atoms with Crippen LogP contribution in [-0.4, -0.2) is 37.7 Å². The summed E-state index contributed by atoms with van der Waals surface area (Å²) in [5.41, 5.74) is 8.27. The van der Waals surface area contributed by atoms with E-state index in [0.29, 0.717) is 5.92 Å². The van der Waals surface area contributed by atoms with Crippen LogP contribution in [0.25, 0.3) is 0 Å². The second-order valence-electron chi connectivity index (χ2n) is 6.36. The van der Waals surface area contributed by atoms with Crippen molar-refractivity contribution in [3.8, 4) is 11.5 Å². The normalized spacial score (nSPS) is 22.9. The van der Waals surface area contributed by atoms with Gasteiger partial charge in [-0.1, -0.05) is 0 Å². The first kappa shape index (κ1) is 14.7. The topological polar surface area (TPSA) is 47.7 Å². The van der Waals surface area contributed by atoms with E-state index in [-0.39, 0.29) is 6.10 Å². The highest BCUT2D eigenvalue weighted by Crippen LogP contribution is 2.35. The Balaban J connectivity index is 1.72. The number of likely N-dealkylation sites (tertiary alicyclic amines) is 1. The van der Waals surface area contributed by atoms with Crippen LogP contribution in [0.5, 0.6) is 11.5 Å². The van der Waals surface area contributed by atoms with E-state index in [1.54, 1.807) is 7.11 Å². The zero-order valence-electron chi connectivity index (χ0n) is 13.1. The fraction of sp³-hybridized carbons (Fsp3) is 0.647. The first-order chi connectivity index (χ1) is 10.2. The monoisotopic (exact) mass is 290 g/mol. The molecule has 0 aromatic heterocycles. The van der Waals surface area contributed by atoms with Crippen LogP contribution in [0, 0.1) is 5.92 Å². The van der Waals surface area contributed by atoms with E-state index in [0.717, 1.165) is 44.1 Å². The lowest BCUT2D eigenvalue weighted by atomic mass is 9.96. The fourth-order valence-electron chi connectivity index (χ4n) is 3.42. The lowest BCUT2D eigenvalue weighted by Gasteiger charge is -2.31. The summed E-state index contributed by atoms with van der Waals surface area (Å²) >= 11 is 0. The maximum atomic E-state index is 5.88. The number of hydrogen-bond acceptors (Lipinski definition) is 4. The van der Waals surface area contributed by atoms with Gasteiger partial charge in [-0.25, -0.2) is 0 Å². The molecule has 0 aliphatic carbocycles. The summed E-state index contributed by atoms with van der Waals surface area (Å²) in [7, 11) is 1.76. The lowest BCUT2D eigenvalue weighted by Crippen LogP contribution is -2.35. The predicted octanol–water partition coefficient (Wildman–Crippen LogP) is 2.19. The first-order valence-electron chi connectivity index (χ1n) is 7.98. The van der Waals surface area contributed by atoms with Gasteiger partial charge in [0.05, 0.1) is 7.11 Å². The van der Waals surface area contributed by atoms with E-state index in [1.807, 2.05) is 0 Å². The number of hydrogen-bond donors (Lipinski definition) is 1. The van der Waals surface area contributed by atoms with E-state index < -0.39 is 0 Å². The van der Waals surface area contributed by atoms with Crippen LogP contribution in [0.3, 0.4) is 0 Å². The van der Waals surface area contributed by atoms with Crippen molar-refractivity contribution in [1.82, 2.24) is 4.90 Å². The Morgan fingerprint density at radius 1 is 1.33 bits per heavy atom. The molecule has 1 unspecified atom stereocenters. The second kappa shape index (κ2) is 6.24. The van der Waals surface area contributed by atoms with Crippen LogP contribution in [0.1, 0.15) is 30.9 Å². The Morgan fingerprint density at radius 3 is 2.76 bits per heavy atom. The van der Waals surface area contributed by atoms with Gasteiger partial charge in [-0.15, -0.1) is 0 Å². The minimum atomic E-state index is 0.278. The highest BCUT2D eigenvalue weighted by atomic mass is 16.5. The van der Waals surface area contributed by atoms with Crippen molar-refractivity contribution < 1.29 is 9.47 Å². The Labute approximate surface area is 127 Å². The molecule has 3 rings (SSSR count). The van der Waals surface area contributed by atoms with Gasteiger partial charge in [-0.05, 0) is 57.5 Å². The van der Waals surface area contributed by atoms with Crippen molar-refractivity contribution in [1.29, 1.82) is 0 Å². The maximum Gasteiger partial charge on any atom is 0.123 e. The van der Waals surface area contributed by atoms with Crippen molar-refractivity contribution in [2.24, 2.45) is 11.7 Å². The Kier molecular flexibility index (Phi) is 4.36. The Bertz CT molecular complexity index is 496. The van der Waals surface area contributed by atoms with Crippen LogP contribution in [-0.2, 0) is 13.0 Å². The van der Waals surface area contributed by atoms with E-state index in [9.17, 15) is 0 Å². The smallest absolute Gasteiger partial charge is 0.123 e. The molecular formula is C17H26N2O2. The molecule has 4 heteroatoms. The third-order valence-corrected chi connectivity index (χ3v) is 4.73. The van der Waals surface area contributed by atoms with Crippen LogP contribution in [0.15, 0.2) is 12.1 Å². The molecule has 4 nitrogen and oxygen atoms in total. The molecule has 0 radical (unpaired) electrons. The van der Waals surface area contributed by atoms with Gasteiger partial charge in [0.25, 0.3) is 0 Å². The molecule has 1 fully saturated rings. The number of nitrogens with two attached hydrogens (primary N) is 1. The van der Waals surface area contributed by atoms with Crippen LogP contribution in [0.4, 0.5) is 0 Å². The van der Waals surface area contributed by atoms with Gasteiger partial charge in [0.2, 0.25) is 0 Å². The molecule has 1 saturated heterocycles. The second-order valence-corrected chi connectivity index (χ2v) is 6.36. The van der Waals surface area contributed by atoms with E-state index in [4.69, 9.17) is 15.2 Å². The molecular weight excluding hydrogens is 264 g/mol. The molecule has 2 N–H and O–H groups in total. The maximum absolute atomic E-state index is 5.88. The van der Waals surface area contributed by atoms with Gasteiger partial charge >= 0.3 is 0 Å². The van der Waals surface area contributed by atoms with E-state index in [2.05, 4.69) is 24.0 Å². The summed E-state index contributed by atoms with van der Waals surface area (Å²) in [5, 5.41) is 0. The summed E-state index contributed by atoms with van der Waals surface area (Å²) in [6.45, 7) is 6.12. The Hall–Kier alpha value is -1.26. The van der Waals surface area contributed by atoms with Gasteiger partial charge in [0.15, 0.2) is 0 Å². The van der Waals surface area contributed by atoms with E-state index >= 15 is 0 Å². The molecule has 0 bridgehead atoms. The van der Waals surface area contributed by atoms with Crippen molar-refractivity contribution >= 4 is 0 Å². The third kappa shape index (κ3) is 3.16. The number of benzene rings is 1. The largest absolute Gasteiger partial charge is 0.496 e. The average molecular weight is 290 g/mol. The number of piperidine rings is 1. The predicted molar refractivity (Wildman–Crippen MR) is 83.8 cm³/mol. The van der Waals surface area contributed by atoms with Gasteiger partial charge in [0, 0.05) is 24.1 Å². The first-order valence-corrected chi connectivity index (χ1v) is 7.98. The SMILES string of the molecule is COc1cc2c(cc1CN1CCC(CN)CC1)OC(C)C2. The van der Waals surface area contributed by atoms with E-state index in [1.165, 1.54) is 24.0 Å². The number of fused-ring (bicyclic) bond motifs is 1. The molecule has 1 aromatic carbocycles. The summed E-state index contributed by atoms with van der Waals surface area (Å²) in [6.07, 6.45) is 3.67. The van der Waals surface area contributed by atoms with Crippen molar-refractivity contribution in [2.75, 3.05) is 26.7 Å². The number of ether oxygens (including phenoxy) is 2. The fourth-order valence-corrected chi connectivity index (χ4v) is 3.42. The van der Waals surface area contributed by atoms with Crippen molar-refractivity contribution in [2.45, 2.75) is 38.8 Å². The number of methoxy groups -OCH3 is 1. The standard InChI is InChI=1S/C17H26N2O2/c1-12-7-14-8-16(20-2)15(9-17(14)21-12)11-19-5-3-13(10-18)4-6-19/h8-9,12-13H,3-7,10-11,18H2,1-2H3. The molecule has 1 aromatic rings. The van der Waals surface area contributed by atoms with Crippen molar-refractivity contribution in [3.05, 3.63) is 23.3 Å². The summed E-state index contributed by atoms with van der Waals surface area (Å²) < 4.78 is 11.5. The minimum Gasteiger partial charge on any atom is -0.496 e. The molecule has 2 aliphatic heterocycles. The van der Waals surface area contributed by atoms with Gasteiger partial charge in [-0.2, -0.15) is 0 Å². The zero-order chi connectivity index (χ0) is 14.8. The molecule has 0 saturated carbocycles. The quantitative estimate of drug-likeness (QED) is 0.923. The highest BCUT2D eigenvalue weighted by Gasteiger charge is 2.24. The summed E-state index contributed by atoms with van der Waals surface area (Å²) in [4.78, 5) is 2.49. The number of rotatable bonds is 4. The average Bonchev–Trinajstić information content (AvgIpc) is 2.86. The van der Waals surface area contributed by atoms with Crippen LogP contribution < -0.4 is 15.2 Å². The highest BCUT2D eigenvalue weighted by molar-refractivity contribution is 5.48. The van der Waals surface area contributed by atoms with Crippen LogP contribution >= 0.6 is 0 Å². The lowest BCUT2D eigenvalue weighted by molar-refractivity contribution is 0.178. The van der Waals surface area contributed by atoms with Gasteiger partial charge < -0.3 is 15.2 Å². The summed E-state index contributed by atoms with van der Waals surface area (Å²) in [6, 6.07) is 4.33.